The highest BCUT2D eigenvalue weighted by molar-refractivity contribution is 5.36. The highest BCUT2D eigenvalue weighted by Gasteiger charge is 2.03. The van der Waals surface area contributed by atoms with E-state index in [-0.39, 0.29) is 0 Å². The number of methoxy groups -OCH3 is 1. The van der Waals surface area contributed by atoms with Gasteiger partial charge in [0.25, 0.3) is 0 Å². The first-order valence-electron chi connectivity index (χ1n) is 5.04. The lowest BCUT2D eigenvalue weighted by atomic mass is 10.2. The summed E-state index contributed by atoms with van der Waals surface area (Å²) < 4.78 is 5.25. The number of ether oxygens (including phenoxy) is 1. The summed E-state index contributed by atoms with van der Waals surface area (Å²) in [6.45, 7) is 2.50. The number of nitrogens with zero attached hydrogens (tertiary/aromatic N) is 2. The lowest BCUT2D eigenvalue weighted by molar-refractivity contribution is 0.410. The second kappa shape index (κ2) is 4.65. The number of hydrogen-bond donors (Lipinski definition) is 2. The zero-order valence-electron chi connectivity index (χ0n) is 9.32. The molecule has 0 aliphatic rings. The Labute approximate surface area is 93.9 Å². The maximum atomic E-state index is 5.25. The molecule has 0 unspecified atom stereocenters. The van der Waals surface area contributed by atoms with Crippen molar-refractivity contribution in [2.45, 2.75) is 13.5 Å². The fourth-order valence-corrected chi connectivity index (χ4v) is 1.45. The quantitative estimate of drug-likeness (QED) is 0.820. The van der Waals surface area contributed by atoms with Crippen molar-refractivity contribution in [3.05, 3.63) is 35.7 Å². The largest absolute Gasteiger partial charge is 0.496 e. The molecule has 0 aliphatic carbocycles. The van der Waals surface area contributed by atoms with E-state index in [0.717, 1.165) is 17.1 Å². The van der Waals surface area contributed by atoms with Crippen molar-refractivity contribution in [3.63, 3.8) is 0 Å². The van der Waals surface area contributed by atoms with Gasteiger partial charge in [-0.1, -0.05) is 18.2 Å². The van der Waals surface area contributed by atoms with Crippen LogP contribution in [0.4, 0.5) is 5.95 Å². The first kappa shape index (κ1) is 10.5. The Morgan fingerprint density at radius 3 is 2.88 bits per heavy atom. The van der Waals surface area contributed by atoms with Gasteiger partial charge in [-0.25, -0.2) is 0 Å². The van der Waals surface area contributed by atoms with Crippen molar-refractivity contribution in [2.24, 2.45) is 0 Å². The van der Waals surface area contributed by atoms with Crippen molar-refractivity contribution in [1.82, 2.24) is 15.2 Å². The van der Waals surface area contributed by atoms with Crippen LogP contribution < -0.4 is 10.1 Å². The van der Waals surface area contributed by atoms with Gasteiger partial charge in [-0.05, 0) is 13.0 Å². The van der Waals surface area contributed by atoms with Crippen LogP contribution in [0.2, 0.25) is 0 Å². The fourth-order valence-electron chi connectivity index (χ4n) is 1.45. The molecule has 0 atom stereocenters. The Balaban J connectivity index is 2.04. The molecule has 0 amide bonds. The predicted molar refractivity (Wildman–Crippen MR) is 61.4 cm³/mol. The SMILES string of the molecule is COc1ccccc1CNc1n[nH]c(C)n1. The Bertz CT molecular complexity index is 467. The lowest BCUT2D eigenvalue weighted by Crippen LogP contribution is -2.02. The second-order valence-corrected chi connectivity index (χ2v) is 3.41. The number of rotatable bonds is 4. The summed E-state index contributed by atoms with van der Waals surface area (Å²) in [5.41, 5.74) is 1.08. The van der Waals surface area contributed by atoms with E-state index >= 15 is 0 Å². The molecule has 1 aromatic heterocycles. The van der Waals surface area contributed by atoms with E-state index < -0.39 is 0 Å². The van der Waals surface area contributed by atoms with Gasteiger partial charge in [-0.2, -0.15) is 4.98 Å². The van der Waals surface area contributed by atoms with Gasteiger partial charge >= 0.3 is 0 Å². The monoisotopic (exact) mass is 218 g/mol. The number of aromatic amines is 1. The average molecular weight is 218 g/mol. The average Bonchev–Trinajstić information content (AvgIpc) is 2.73. The van der Waals surface area contributed by atoms with Gasteiger partial charge in [-0.15, -0.1) is 5.10 Å². The summed E-state index contributed by atoms with van der Waals surface area (Å²) in [6.07, 6.45) is 0. The normalized spacial score (nSPS) is 10.1. The molecule has 1 aromatic carbocycles. The molecule has 2 aromatic rings. The summed E-state index contributed by atoms with van der Waals surface area (Å²) in [5, 5.41) is 9.90. The van der Waals surface area contributed by atoms with Gasteiger partial charge in [0.1, 0.15) is 11.6 Å². The Kier molecular flexibility index (Phi) is 3.05. The predicted octanol–water partition coefficient (Wildman–Crippen LogP) is 1.73. The molecule has 5 nitrogen and oxygen atoms in total. The molecule has 2 rings (SSSR count). The minimum atomic E-state index is 0.600. The van der Waals surface area contributed by atoms with Crippen LogP contribution in [0.5, 0.6) is 5.75 Å². The summed E-state index contributed by atoms with van der Waals surface area (Å²) in [4.78, 5) is 4.16. The number of H-pyrrole nitrogens is 1. The topological polar surface area (TPSA) is 62.8 Å². The van der Waals surface area contributed by atoms with Crippen molar-refractivity contribution >= 4 is 5.95 Å². The van der Waals surface area contributed by atoms with Crippen LogP contribution in [0.3, 0.4) is 0 Å². The molecule has 0 spiro atoms. The van der Waals surface area contributed by atoms with Crippen LogP contribution in [0.1, 0.15) is 11.4 Å². The molecule has 0 radical (unpaired) electrons. The number of nitrogens with one attached hydrogen (secondary N) is 2. The molecule has 0 fully saturated rings. The molecule has 0 bridgehead atoms. The van der Waals surface area contributed by atoms with Gasteiger partial charge in [0, 0.05) is 12.1 Å². The van der Waals surface area contributed by atoms with Crippen LogP contribution in [0.15, 0.2) is 24.3 Å². The fraction of sp³-hybridized carbons (Fsp3) is 0.273. The number of aromatic nitrogens is 3. The van der Waals surface area contributed by atoms with Crippen molar-refractivity contribution in [2.75, 3.05) is 12.4 Å². The lowest BCUT2D eigenvalue weighted by Gasteiger charge is -2.07. The van der Waals surface area contributed by atoms with Gasteiger partial charge in [-0.3, -0.25) is 5.10 Å². The minimum Gasteiger partial charge on any atom is -0.496 e. The Morgan fingerprint density at radius 2 is 2.19 bits per heavy atom. The van der Waals surface area contributed by atoms with Crippen LogP contribution >= 0.6 is 0 Å². The van der Waals surface area contributed by atoms with Crippen molar-refractivity contribution < 1.29 is 4.74 Å². The number of aryl methyl sites for hydroxylation is 1. The molecule has 84 valence electrons. The third kappa shape index (κ3) is 2.31. The molecule has 0 saturated carbocycles. The third-order valence-corrected chi connectivity index (χ3v) is 2.23. The molecule has 0 aliphatic heterocycles. The maximum absolute atomic E-state index is 5.25. The number of anilines is 1. The van der Waals surface area contributed by atoms with Crippen molar-refractivity contribution in [1.29, 1.82) is 0 Å². The molecule has 2 N–H and O–H groups in total. The molecule has 0 saturated heterocycles. The first-order chi connectivity index (χ1) is 7.79. The van der Waals surface area contributed by atoms with Gasteiger partial charge in [0.15, 0.2) is 0 Å². The highest BCUT2D eigenvalue weighted by Crippen LogP contribution is 2.17. The van der Waals surface area contributed by atoms with E-state index in [1.807, 2.05) is 31.2 Å². The smallest absolute Gasteiger partial charge is 0.242 e. The van der Waals surface area contributed by atoms with E-state index in [9.17, 15) is 0 Å². The van der Waals surface area contributed by atoms with E-state index in [1.54, 1.807) is 7.11 Å². The van der Waals surface area contributed by atoms with Crippen LogP contribution in [-0.2, 0) is 6.54 Å². The minimum absolute atomic E-state index is 0.600. The van der Waals surface area contributed by atoms with Gasteiger partial charge < -0.3 is 10.1 Å². The standard InChI is InChI=1S/C11H14N4O/c1-8-13-11(15-14-8)12-7-9-5-3-4-6-10(9)16-2/h3-6H,7H2,1-2H3,(H2,12,13,14,15). The Morgan fingerprint density at radius 1 is 1.38 bits per heavy atom. The summed E-state index contributed by atoms with van der Waals surface area (Å²) >= 11 is 0. The van der Waals surface area contributed by atoms with Crippen LogP contribution in [0, 0.1) is 6.92 Å². The van der Waals surface area contributed by atoms with E-state index in [0.29, 0.717) is 12.5 Å². The molecule has 16 heavy (non-hydrogen) atoms. The first-order valence-corrected chi connectivity index (χ1v) is 5.04. The highest BCUT2D eigenvalue weighted by atomic mass is 16.5. The number of para-hydroxylation sites is 1. The van der Waals surface area contributed by atoms with Gasteiger partial charge in [0.2, 0.25) is 5.95 Å². The molecule has 1 heterocycles. The van der Waals surface area contributed by atoms with Crippen LogP contribution in [0.25, 0.3) is 0 Å². The molecule has 5 heteroatoms. The maximum Gasteiger partial charge on any atom is 0.242 e. The Hall–Kier alpha value is -2.04. The number of hydrogen-bond acceptors (Lipinski definition) is 4. The van der Waals surface area contributed by atoms with E-state index in [1.165, 1.54) is 0 Å². The zero-order valence-corrected chi connectivity index (χ0v) is 9.32. The number of benzene rings is 1. The summed E-state index contributed by atoms with van der Waals surface area (Å²) in [5.74, 6) is 2.26. The molecular formula is C11H14N4O. The van der Waals surface area contributed by atoms with Crippen LogP contribution in [-0.4, -0.2) is 22.3 Å². The van der Waals surface area contributed by atoms with E-state index in [4.69, 9.17) is 4.74 Å². The summed E-state index contributed by atoms with van der Waals surface area (Å²) in [6, 6.07) is 7.85. The zero-order chi connectivity index (χ0) is 11.4. The molecular weight excluding hydrogens is 204 g/mol. The summed E-state index contributed by atoms with van der Waals surface area (Å²) in [7, 11) is 1.66. The van der Waals surface area contributed by atoms with Crippen molar-refractivity contribution in [3.8, 4) is 5.75 Å². The third-order valence-electron chi connectivity index (χ3n) is 2.23. The van der Waals surface area contributed by atoms with Gasteiger partial charge in [0.05, 0.1) is 7.11 Å². The van der Waals surface area contributed by atoms with E-state index in [2.05, 4.69) is 20.5 Å². The second-order valence-electron chi connectivity index (χ2n) is 3.41.